The maximum Gasteiger partial charge on any atom is 0.347 e. The summed E-state index contributed by atoms with van der Waals surface area (Å²) >= 11 is 0. The zero-order valence-corrected chi connectivity index (χ0v) is 12.1. The fourth-order valence-electron chi connectivity index (χ4n) is 2.42. The topological polar surface area (TPSA) is 64.2 Å². The van der Waals surface area contributed by atoms with Crippen LogP contribution in [0, 0.1) is 5.21 Å². The van der Waals surface area contributed by atoms with Gasteiger partial charge in [0.15, 0.2) is 11.3 Å². The lowest BCUT2D eigenvalue weighted by molar-refractivity contribution is -0.439. The van der Waals surface area contributed by atoms with Crippen LogP contribution in [0.1, 0.15) is 0 Å². The molecule has 4 rings (SSSR count). The predicted molar refractivity (Wildman–Crippen MR) is 88.9 cm³/mol. The first-order valence-corrected chi connectivity index (χ1v) is 7.20. The van der Waals surface area contributed by atoms with Crippen molar-refractivity contribution in [1.82, 2.24) is 9.97 Å². The molecule has 0 bridgehead atoms. The highest BCUT2D eigenvalue weighted by molar-refractivity contribution is 5.80. The van der Waals surface area contributed by atoms with Gasteiger partial charge >= 0.3 is 5.82 Å². The Balaban J connectivity index is 1.75. The Labute approximate surface area is 132 Å². The van der Waals surface area contributed by atoms with E-state index in [1.807, 2.05) is 60.7 Å². The van der Waals surface area contributed by atoms with Gasteiger partial charge in [-0.25, -0.2) is 4.98 Å². The first-order valence-electron chi connectivity index (χ1n) is 7.20. The standard InChI is InChI=1S/C18H12N4O/c23-22(18-12-10-14-6-2-4-8-16(14)20-18)21-17-11-9-13-5-1-3-7-15(13)19-17/h1-12H. The molecule has 4 aromatic rings. The van der Waals surface area contributed by atoms with E-state index in [2.05, 4.69) is 15.1 Å². The third-order valence-corrected chi connectivity index (χ3v) is 3.56. The largest absolute Gasteiger partial charge is 0.690 e. The van der Waals surface area contributed by atoms with E-state index in [0.717, 1.165) is 21.8 Å². The van der Waals surface area contributed by atoms with Crippen molar-refractivity contribution in [2.24, 2.45) is 5.11 Å². The van der Waals surface area contributed by atoms with E-state index in [1.165, 1.54) is 0 Å². The van der Waals surface area contributed by atoms with Crippen LogP contribution in [0.2, 0.25) is 0 Å². The highest BCUT2D eigenvalue weighted by Gasteiger charge is 2.08. The van der Waals surface area contributed by atoms with Gasteiger partial charge in [-0.05, 0) is 35.3 Å². The lowest BCUT2D eigenvalue weighted by Crippen LogP contribution is -1.94. The van der Waals surface area contributed by atoms with E-state index in [1.54, 1.807) is 12.1 Å². The zero-order chi connectivity index (χ0) is 15.6. The molecule has 0 fully saturated rings. The van der Waals surface area contributed by atoms with Gasteiger partial charge in [-0.3, -0.25) is 0 Å². The van der Waals surface area contributed by atoms with Crippen molar-refractivity contribution in [3.8, 4) is 0 Å². The summed E-state index contributed by atoms with van der Waals surface area (Å²) in [5.41, 5.74) is 1.56. The number of para-hydroxylation sites is 2. The van der Waals surface area contributed by atoms with Crippen molar-refractivity contribution < 1.29 is 4.86 Å². The summed E-state index contributed by atoms with van der Waals surface area (Å²) in [7, 11) is 0. The molecule has 23 heavy (non-hydrogen) atoms. The number of hydrogen-bond acceptors (Lipinski definition) is 4. The van der Waals surface area contributed by atoms with E-state index >= 15 is 0 Å². The van der Waals surface area contributed by atoms with Crippen LogP contribution in [-0.4, -0.2) is 14.8 Å². The van der Waals surface area contributed by atoms with Crippen LogP contribution < -0.4 is 0 Å². The number of fused-ring (bicyclic) bond motifs is 2. The van der Waals surface area contributed by atoms with E-state index in [-0.39, 0.29) is 5.82 Å². The highest BCUT2D eigenvalue weighted by atomic mass is 16.5. The molecule has 0 aliphatic heterocycles. The van der Waals surface area contributed by atoms with Gasteiger partial charge in [0.2, 0.25) is 0 Å². The predicted octanol–water partition coefficient (Wildman–Crippen LogP) is 4.71. The van der Waals surface area contributed by atoms with Crippen LogP contribution in [0.4, 0.5) is 11.6 Å². The third kappa shape index (κ3) is 2.60. The lowest BCUT2D eigenvalue weighted by Gasteiger charge is -2.03. The second-order valence-electron chi connectivity index (χ2n) is 5.10. The Morgan fingerprint density at radius 2 is 1.30 bits per heavy atom. The Kier molecular flexibility index (Phi) is 3.16. The molecular weight excluding hydrogens is 288 g/mol. The number of pyridine rings is 2. The molecule has 2 aromatic carbocycles. The molecule has 2 heterocycles. The molecule has 0 saturated carbocycles. The van der Waals surface area contributed by atoms with Crippen LogP contribution in [0.25, 0.3) is 21.8 Å². The third-order valence-electron chi connectivity index (χ3n) is 3.56. The fraction of sp³-hybridized carbons (Fsp3) is 0. The number of aromatic nitrogens is 2. The Hall–Kier alpha value is -3.34. The van der Waals surface area contributed by atoms with Gasteiger partial charge in [0.1, 0.15) is 0 Å². The molecule has 0 amide bonds. The molecule has 5 nitrogen and oxygen atoms in total. The van der Waals surface area contributed by atoms with Crippen molar-refractivity contribution >= 4 is 33.4 Å². The quantitative estimate of drug-likeness (QED) is 0.306. The summed E-state index contributed by atoms with van der Waals surface area (Å²) in [6.45, 7) is 0. The molecule has 0 atom stereocenters. The smallest absolute Gasteiger partial charge is 0.347 e. The van der Waals surface area contributed by atoms with Crippen molar-refractivity contribution in [3.05, 3.63) is 78.0 Å². The van der Waals surface area contributed by atoms with Gasteiger partial charge < -0.3 is 5.21 Å². The zero-order valence-electron chi connectivity index (χ0n) is 12.1. The molecule has 5 heteroatoms. The molecule has 110 valence electrons. The van der Waals surface area contributed by atoms with Crippen molar-refractivity contribution in [1.29, 1.82) is 0 Å². The number of azo groups is 1. The van der Waals surface area contributed by atoms with Crippen LogP contribution in [-0.2, 0) is 0 Å². The number of benzene rings is 2. The average Bonchev–Trinajstić information content (AvgIpc) is 2.61. The minimum absolute atomic E-state index is 0.235. The van der Waals surface area contributed by atoms with E-state index in [9.17, 15) is 5.21 Å². The van der Waals surface area contributed by atoms with Gasteiger partial charge in [-0.2, -0.15) is 0 Å². The molecular formula is C18H12N4O. The SMILES string of the molecule is [O-][N+](=Nc1ccc2ccccc2n1)c1ccc2ccccc2n1. The normalized spacial score (nSPS) is 11.9. The molecule has 0 aliphatic carbocycles. The monoisotopic (exact) mass is 300 g/mol. The van der Waals surface area contributed by atoms with Gasteiger partial charge in [-0.15, -0.1) is 4.86 Å². The first-order chi connectivity index (χ1) is 11.3. The molecule has 0 radical (unpaired) electrons. The van der Waals surface area contributed by atoms with Crippen molar-refractivity contribution in [2.45, 2.75) is 0 Å². The minimum atomic E-state index is 0.235. The minimum Gasteiger partial charge on any atom is -0.690 e. The first kappa shape index (κ1) is 13.3. The summed E-state index contributed by atoms with van der Waals surface area (Å²) in [5.74, 6) is 0.590. The van der Waals surface area contributed by atoms with Gasteiger partial charge in [-0.1, -0.05) is 41.5 Å². The molecule has 0 N–H and O–H groups in total. The van der Waals surface area contributed by atoms with E-state index in [0.29, 0.717) is 10.7 Å². The highest BCUT2D eigenvalue weighted by Crippen LogP contribution is 2.20. The molecule has 0 saturated heterocycles. The van der Waals surface area contributed by atoms with Crippen LogP contribution in [0.15, 0.2) is 77.9 Å². The number of rotatable bonds is 2. The van der Waals surface area contributed by atoms with Crippen molar-refractivity contribution in [3.63, 3.8) is 0 Å². The van der Waals surface area contributed by atoms with E-state index in [4.69, 9.17) is 0 Å². The van der Waals surface area contributed by atoms with Gasteiger partial charge in [0.25, 0.3) is 0 Å². The molecule has 0 aliphatic rings. The van der Waals surface area contributed by atoms with Crippen molar-refractivity contribution in [2.75, 3.05) is 0 Å². The Bertz CT molecular complexity index is 1040. The Morgan fingerprint density at radius 3 is 2.04 bits per heavy atom. The second kappa shape index (κ2) is 5.46. The number of hydrogen-bond donors (Lipinski definition) is 0. The Morgan fingerprint density at radius 1 is 0.696 bits per heavy atom. The van der Waals surface area contributed by atoms with Crippen LogP contribution in [0.5, 0.6) is 0 Å². The number of nitrogens with zero attached hydrogens (tertiary/aromatic N) is 4. The summed E-state index contributed by atoms with van der Waals surface area (Å²) in [6, 6.07) is 22.4. The van der Waals surface area contributed by atoms with Gasteiger partial charge in [0.05, 0.1) is 5.52 Å². The summed E-state index contributed by atoms with van der Waals surface area (Å²) in [6.07, 6.45) is 0. The average molecular weight is 300 g/mol. The molecule has 0 unspecified atom stereocenters. The summed E-state index contributed by atoms with van der Waals surface area (Å²) < 4.78 is 0. The summed E-state index contributed by atoms with van der Waals surface area (Å²) in [4.78, 5) is 9.20. The van der Waals surface area contributed by atoms with Gasteiger partial charge in [0, 0.05) is 16.8 Å². The fourth-order valence-corrected chi connectivity index (χ4v) is 2.42. The maximum absolute atomic E-state index is 12.2. The molecule has 0 spiro atoms. The lowest BCUT2D eigenvalue weighted by atomic mass is 10.2. The van der Waals surface area contributed by atoms with Crippen LogP contribution >= 0.6 is 0 Å². The second-order valence-corrected chi connectivity index (χ2v) is 5.10. The molecule has 2 aromatic heterocycles. The van der Waals surface area contributed by atoms with E-state index < -0.39 is 0 Å². The van der Waals surface area contributed by atoms with Crippen LogP contribution in [0.3, 0.4) is 0 Å². The summed E-state index contributed by atoms with van der Waals surface area (Å²) in [5, 5.41) is 18.2. The maximum atomic E-state index is 12.2.